The van der Waals surface area contributed by atoms with E-state index in [9.17, 15) is 9.18 Å². The second kappa shape index (κ2) is 5.51. The Balaban J connectivity index is 2.25. The fraction of sp³-hybridized carbons (Fsp3) is 0.231. The molecule has 0 unspecified atom stereocenters. The molecule has 5 nitrogen and oxygen atoms in total. The molecule has 0 aliphatic carbocycles. The smallest absolute Gasteiger partial charge is 0.311 e. The normalized spacial score (nSPS) is 10.3. The summed E-state index contributed by atoms with van der Waals surface area (Å²) >= 11 is 0. The van der Waals surface area contributed by atoms with Crippen LogP contribution in [-0.4, -0.2) is 30.0 Å². The molecule has 0 atom stereocenters. The quantitative estimate of drug-likeness (QED) is 0.789. The Bertz CT molecular complexity index is 595. The lowest BCUT2D eigenvalue weighted by molar-refractivity contribution is -0.139. The topological polar surface area (TPSA) is 53.4 Å². The van der Waals surface area contributed by atoms with E-state index in [1.165, 1.54) is 26.4 Å². The van der Waals surface area contributed by atoms with Crippen molar-refractivity contribution in [1.82, 2.24) is 9.78 Å². The van der Waals surface area contributed by atoms with Crippen molar-refractivity contribution in [2.24, 2.45) is 0 Å². The molecule has 6 heteroatoms. The predicted molar refractivity (Wildman–Crippen MR) is 65.8 cm³/mol. The molecule has 1 aromatic heterocycles. The second-order valence-electron chi connectivity index (χ2n) is 3.82. The van der Waals surface area contributed by atoms with Crippen LogP contribution in [0.2, 0.25) is 0 Å². The third-order valence-electron chi connectivity index (χ3n) is 2.60. The van der Waals surface area contributed by atoms with Crippen LogP contribution >= 0.6 is 0 Å². The van der Waals surface area contributed by atoms with Crippen molar-refractivity contribution < 1.29 is 18.7 Å². The first-order valence-electron chi connectivity index (χ1n) is 5.59. The van der Waals surface area contributed by atoms with E-state index >= 15 is 0 Å². The molecule has 0 amide bonds. The fourth-order valence-electron chi connectivity index (χ4n) is 1.61. The van der Waals surface area contributed by atoms with Crippen LogP contribution in [0.4, 0.5) is 4.39 Å². The van der Waals surface area contributed by atoms with E-state index in [0.29, 0.717) is 11.4 Å². The largest absolute Gasteiger partial charge is 0.494 e. The molecule has 0 spiro atoms. The molecule has 0 saturated heterocycles. The van der Waals surface area contributed by atoms with Crippen LogP contribution in [0.1, 0.15) is 5.69 Å². The van der Waals surface area contributed by atoms with E-state index in [-0.39, 0.29) is 18.1 Å². The van der Waals surface area contributed by atoms with Gasteiger partial charge < -0.3 is 9.47 Å². The summed E-state index contributed by atoms with van der Waals surface area (Å²) in [4.78, 5) is 11.1. The number of esters is 1. The number of carbonyl (C=O) groups is 1. The highest BCUT2D eigenvalue weighted by Gasteiger charge is 2.09. The number of benzene rings is 1. The first kappa shape index (κ1) is 13.1. The molecule has 0 radical (unpaired) electrons. The fourth-order valence-corrected chi connectivity index (χ4v) is 1.61. The SMILES string of the molecule is COC(=O)Cc1ccn(-c2ccc(F)c(OC)c2)n1. The van der Waals surface area contributed by atoms with Crippen molar-refractivity contribution in [3.63, 3.8) is 0 Å². The summed E-state index contributed by atoms with van der Waals surface area (Å²) in [5, 5.41) is 4.21. The van der Waals surface area contributed by atoms with Crippen LogP contribution in [0, 0.1) is 5.82 Å². The number of hydrogen-bond acceptors (Lipinski definition) is 4. The van der Waals surface area contributed by atoms with Crippen molar-refractivity contribution in [1.29, 1.82) is 0 Å². The van der Waals surface area contributed by atoms with Crippen LogP contribution in [0.3, 0.4) is 0 Å². The summed E-state index contributed by atoms with van der Waals surface area (Å²) in [6, 6.07) is 6.11. The van der Waals surface area contributed by atoms with E-state index < -0.39 is 5.82 Å². The molecule has 0 saturated carbocycles. The Kier molecular flexibility index (Phi) is 3.79. The molecule has 0 bridgehead atoms. The van der Waals surface area contributed by atoms with Gasteiger partial charge >= 0.3 is 5.97 Å². The van der Waals surface area contributed by atoms with Gasteiger partial charge in [0.1, 0.15) is 0 Å². The summed E-state index contributed by atoms with van der Waals surface area (Å²) in [5.74, 6) is -0.655. The average Bonchev–Trinajstić information content (AvgIpc) is 2.87. The number of carbonyl (C=O) groups excluding carboxylic acids is 1. The van der Waals surface area contributed by atoms with E-state index in [2.05, 4.69) is 9.84 Å². The maximum Gasteiger partial charge on any atom is 0.311 e. The number of hydrogen-bond donors (Lipinski definition) is 0. The van der Waals surface area contributed by atoms with Crippen molar-refractivity contribution in [2.75, 3.05) is 14.2 Å². The zero-order chi connectivity index (χ0) is 13.8. The summed E-state index contributed by atoms with van der Waals surface area (Å²) in [5.41, 5.74) is 1.23. The predicted octanol–water partition coefficient (Wildman–Crippen LogP) is 1.74. The second-order valence-corrected chi connectivity index (χ2v) is 3.82. The van der Waals surface area contributed by atoms with Crippen LogP contribution in [0.25, 0.3) is 5.69 Å². The van der Waals surface area contributed by atoms with Crippen molar-refractivity contribution in [3.8, 4) is 11.4 Å². The highest BCUT2D eigenvalue weighted by molar-refractivity contribution is 5.71. The van der Waals surface area contributed by atoms with Gasteiger partial charge in [0.25, 0.3) is 0 Å². The van der Waals surface area contributed by atoms with Gasteiger partial charge in [0, 0.05) is 12.3 Å². The van der Waals surface area contributed by atoms with Crippen molar-refractivity contribution in [3.05, 3.63) is 42.0 Å². The number of ether oxygens (including phenoxy) is 2. The van der Waals surface area contributed by atoms with Crippen molar-refractivity contribution >= 4 is 5.97 Å². The minimum Gasteiger partial charge on any atom is -0.494 e. The molecule has 19 heavy (non-hydrogen) atoms. The number of methoxy groups -OCH3 is 2. The number of halogens is 1. The zero-order valence-corrected chi connectivity index (χ0v) is 10.6. The van der Waals surface area contributed by atoms with Gasteiger partial charge in [0.15, 0.2) is 11.6 Å². The Morgan fingerprint density at radius 3 is 2.84 bits per heavy atom. The zero-order valence-electron chi connectivity index (χ0n) is 10.6. The third-order valence-corrected chi connectivity index (χ3v) is 2.60. The minimum atomic E-state index is -0.437. The first-order valence-corrected chi connectivity index (χ1v) is 5.59. The lowest BCUT2D eigenvalue weighted by Gasteiger charge is -2.05. The van der Waals surface area contributed by atoms with Gasteiger partial charge in [-0.1, -0.05) is 0 Å². The Labute approximate surface area is 109 Å². The van der Waals surface area contributed by atoms with Gasteiger partial charge in [-0.15, -0.1) is 0 Å². The first-order chi connectivity index (χ1) is 9.13. The highest BCUT2D eigenvalue weighted by Crippen LogP contribution is 2.20. The summed E-state index contributed by atoms with van der Waals surface area (Å²) in [6.45, 7) is 0. The molecule has 2 rings (SSSR count). The molecule has 2 aromatic rings. The van der Waals surface area contributed by atoms with E-state index in [1.54, 1.807) is 23.0 Å². The Morgan fingerprint density at radius 2 is 2.16 bits per heavy atom. The van der Waals surface area contributed by atoms with Gasteiger partial charge in [-0.2, -0.15) is 5.10 Å². The number of nitrogens with zero attached hydrogens (tertiary/aromatic N) is 2. The maximum atomic E-state index is 13.3. The maximum absolute atomic E-state index is 13.3. The molecular weight excluding hydrogens is 251 g/mol. The highest BCUT2D eigenvalue weighted by atomic mass is 19.1. The summed E-state index contributed by atoms with van der Waals surface area (Å²) in [7, 11) is 2.72. The van der Waals surface area contributed by atoms with E-state index in [4.69, 9.17) is 4.74 Å². The Morgan fingerprint density at radius 1 is 1.37 bits per heavy atom. The van der Waals surface area contributed by atoms with Crippen molar-refractivity contribution in [2.45, 2.75) is 6.42 Å². The molecule has 1 aromatic carbocycles. The molecule has 0 aliphatic rings. The average molecular weight is 264 g/mol. The van der Waals surface area contributed by atoms with Gasteiger partial charge in [-0.3, -0.25) is 4.79 Å². The van der Waals surface area contributed by atoms with Crippen LogP contribution in [0.5, 0.6) is 5.75 Å². The van der Waals surface area contributed by atoms with Crippen LogP contribution in [-0.2, 0) is 16.0 Å². The van der Waals surface area contributed by atoms with Crippen LogP contribution < -0.4 is 4.74 Å². The van der Waals surface area contributed by atoms with Crippen LogP contribution in [0.15, 0.2) is 30.5 Å². The molecule has 1 heterocycles. The lowest BCUT2D eigenvalue weighted by Crippen LogP contribution is -2.06. The third kappa shape index (κ3) is 2.90. The van der Waals surface area contributed by atoms with E-state index in [1.807, 2.05) is 0 Å². The van der Waals surface area contributed by atoms with Gasteiger partial charge in [0.05, 0.1) is 32.0 Å². The lowest BCUT2D eigenvalue weighted by atomic mass is 10.3. The molecule has 0 aliphatic heterocycles. The van der Waals surface area contributed by atoms with Gasteiger partial charge in [-0.25, -0.2) is 9.07 Å². The summed E-state index contributed by atoms with van der Waals surface area (Å²) in [6.07, 6.45) is 1.78. The van der Waals surface area contributed by atoms with Gasteiger partial charge in [-0.05, 0) is 18.2 Å². The number of aromatic nitrogens is 2. The number of rotatable bonds is 4. The standard InChI is InChI=1S/C13H13FN2O3/c1-18-12-8-10(3-4-11(12)14)16-6-5-9(15-16)7-13(17)19-2/h3-6,8H,7H2,1-2H3. The summed E-state index contributed by atoms with van der Waals surface area (Å²) < 4.78 is 24.3. The Hall–Kier alpha value is -2.37. The minimum absolute atomic E-state index is 0.0990. The molecule has 100 valence electrons. The van der Waals surface area contributed by atoms with Gasteiger partial charge in [0.2, 0.25) is 0 Å². The molecule has 0 fully saturated rings. The van der Waals surface area contributed by atoms with E-state index in [0.717, 1.165) is 0 Å². The molecular formula is C13H13FN2O3. The molecule has 0 N–H and O–H groups in total. The monoisotopic (exact) mass is 264 g/mol.